The van der Waals surface area contributed by atoms with E-state index in [-0.39, 0.29) is 46.9 Å². The van der Waals surface area contributed by atoms with Gasteiger partial charge in [-0.2, -0.15) is 0 Å². The molecule has 2 aromatic carbocycles. The molecule has 180 valence electrons. The van der Waals surface area contributed by atoms with Crippen LogP contribution < -0.4 is 5.32 Å². The van der Waals surface area contributed by atoms with Gasteiger partial charge in [0.25, 0.3) is 5.69 Å². The first-order valence-corrected chi connectivity index (χ1v) is 11.8. The molecule has 11 nitrogen and oxygen atoms in total. The predicted molar refractivity (Wildman–Crippen MR) is 122 cm³/mol. The fourth-order valence-electron chi connectivity index (χ4n) is 3.80. The fraction of sp³-hybridized carbons (Fsp3) is 0.273. The molecule has 1 unspecified atom stereocenters. The summed E-state index contributed by atoms with van der Waals surface area (Å²) in [4.78, 5) is 36.8. The molecule has 0 aliphatic carbocycles. The van der Waals surface area contributed by atoms with Gasteiger partial charge in [0, 0.05) is 38.0 Å². The third-order valence-electron chi connectivity index (χ3n) is 5.49. The molecule has 1 atom stereocenters. The van der Waals surface area contributed by atoms with Gasteiger partial charge in [-0.05, 0) is 31.0 Å². The molecule has 3 rings (SSSR count). The number of non-ortho nitro benzene ring substituents is 1. The maximum atomic E-state index is 12.8. The van der Waals surface area contributed by atoms with Gasteiger partial charge in [-0.15, -0.1) is 0 Å². The van der Waals surface area contributed by atoms with E-state index in [0.717, 1.165) is 4.31 Å². The molecule has 2 N–H and O–H groups in total. The van der Waals surface area contributed by atoms with Crippen LogP contribution in [0.4, 0.5) is 10.5 Å². The highest BCUT2D eigenvalue weighted by Crippen LogP contribution is 2.35. The standard InChI is InChI=1S/C22H24N4O7S/c1-15-19(21(27)28)20(16-8-6-9-17(14-16)26(30)31)25(22(29)23-15)13-7-12-24(2)34(32,33)18-10-4-3-5-11-18/h3-6,8-11,14,20H,7,12-13H2,1-2H3,(H,23,29)(H,27,28). The highest BCUT2D eigenvalue weighted by molar-refractivity contribution is 7.89. The molecule has 2 amide bonds. The van der Waals surface area contributed by atoms with Gasteiger partial charge in [0.1, 0.15) is 0 Å². The van der Waals surface area contributed by atoms with Gasteiger partial charge in [-0.25, -0.2) is 22.3 Å². The number of allylic oxidation sites excluding steroid dienone is 1. The predicted octanol–water partition coefficient (Wildman–Crippen LogP) is 2.73. The van der Waals surface area contributed by atoms with Crippen LogP contribution in [-0.4, -0.2) is 59.8 Å². The highest BCUT2D eigenvalue weighted by atomic mass is 32.2. The topological polar surface area (TPSA) is 150 Å². The van der Waals surface area contributed by atoms with E-state index < -0.39 is 33.0 Å². The van der Waals surface area contributed by atoms with Crippen LogP contribution in [0, 0.1) is 10.1 Å². The van der Waals surface area contributed by atoms with Gasteiger partial charge in [-0.1, -0.05) is 30.3 Å². The molecule has 0 saturated carbocycles. The number of amides is 2. The molecule has 1 aliphatic heterocycles. The third-order valence-corrected chi connectivity index (χ3v) is 7.37. The van der Waals surface area contributed by atoms with Crippen molar-refractivity contribution in [2.75, 3.05) is 20.1 Å². The Labute approximate surface area is 196 Å². The van der Waals surface area contributed by atoms with Crippen molar-refractivity contribution in [1.29, 1.82) is 0 Å². The zero-order chi connectivity index (χ0) is 25.0. The number of carboxylic acids is 1. The van der Waals surface area contributed by atoms with Crippen molar-refractivity contribution >= 4 is 27.7 Å². The van der Waals surface area contributed by atoms with Crippen molar-refractivity contribution < 1.29 is 28.0 Å². The summed E-state index contributed by atoms with van der Waals surface area (Å²) >= 11 is 0. The Morgan fingerprint density at radius 1 is 1.21 bits per heavy atom. The van der Waals surface area contributed by atoms with Gasteiger partial charge < -0.3 is 15.3 Å². The second-order valence-corrected chi connectivity index (χ2v) is 9.76. The molecule has 1 aliphatic rings. The first kappa shape index (κ1) is 24.9. The number of carboxylic acid groups (broad SMARTS) is 1. The number of hydrogen-bond acceptors (Lipinski definition) is 6. The van der Waals surface area contributed by atoms with E-state index in [1.807, 2.05) is 0 Å². The first-order chi connectivity index (χ1) is 16.0. The number of urea groups is 1. The number of carbonyl (C=O) groups excluding carboxylic acids is 1. The van der Waals surface area contributed by atoms with Crippen LogP contribution in [0.5, 0.6) is 0 Å². The largest absolute Gasteiger partial charge is 0.478 e. The number of carbonyl (C=O) groups is 2. The Balaban J connectivity index is 1.86. The lowest BCUT2D eigenvalue weighted by Crippen LogP contribution is -2.49. The Kier molecular flexibility index (Phi) is 7.32. The van der Waals surface area contributed by atoms with Crippen LogP contribution in [0.3, 0.4) is 0 Å². The number of hydrogen-bond donors (Lipinski definition) is 2. The van der Waals surface area contributed by atoms with E-state index in [1.165, 1.54) is 55.3 Å². The molecule has 12 heteroatoms. The zero-order valence-corrected chi connectivity index (χ0v) is 19.4. The summed E-state index contributed by atoms with van der Waals surface area (Å²) < 4.78 is 26.6. The SMILES string of the molecule is CC1=C(C(=O)O)C(c2cccc([N+](=O)[O-])c2)N(CCCN(C)S(=O)(=O)c2ccccc2)C(=O)N1. The van der Waals surface area contributed by atoms with Crippen LogP contribution >= 0.6 is 0 Å². The van der Waals surface area contributed by atoms with Crippen molar-refractivity contribution in [1.82, 2.24) is 14.5 Å². The van der Waals surface area contributed by atoms with E-state index in [9.17, 15) is 33.2 Å². The normalized spacial score (nSPS) is 16.5. The monoisotopic (exact) mass is 488 g/mol. The Morgan fingerprint density at radius 2 is 1.88 bits per heavy atom. The smallest absolute Gasteiger partial charge is 0.335 e. The quantitative estimate of drug-likeness (QED) is 0.407. The number of nitro groups is 1. The van der Waals surface area contributed by atoms with Gasteiger partial charge in [0.05, 0.1) is 21.4 Å². The minimum Gasteiger partial charge on any atom is -0.478 e. The average molecular weight is 489 g/mol. The van der Waals surface area contributed by atoms with E-state index in [2.05, 4.69) is 5.32 Å². The number of rotatable bonds is 9. The summed E-state index contributed by atoms with van der Waals surface area (Å²) in [7, 11) is -2.31. The van der Waals surface area contributed by atoms with E-state index in [1.54, 1.807) is 18.2 Å². The minimum atomic E-state index is -3.73. The number of nitro benzene ring substituents is 1. The molecular formula is C22H24N4O7S. The van der Waals surface area contributed by atoms with Crippen molar-refractivity contribution in [3.8, 4) is 0 Å². The summed E-state index contributed by atoms with van der Waals surface area (Å²) in [6, 6.07) is 11.7. The number of nitrogens with one attached hydrogen (secondary N) is 1. The summed E-state index contributed by atoms with van der Waals surface area (Å²) in [5.41, 5.74) is 0.0463. The second kappa shape index (κ2) is 10.0. The Morgan fingerprint density at radius 3 is 2.50 bits per heavy atom. The molecule has 0 spiro atoms. The maximum absolute atomic E-state index is 12.8. The molecule has 0 fully saturated rings. The van der Waals surface area contributed by atoms with Crippen LogP contribution in [-0.2, 0) is 14.8 Å². The Hall–Kier alpha value is -3.77. The van der Waals surface area contributed by atoms with Crippen molar-refractivity contribution in [2.45, 2.75) is 24.3 Å². The molecule has 0 saturated heterocycles. The molecule has 0 aromatic heterocycles. The Bertz CT molecular complexity index is 1240. The summed E-state index contributed by atoms with van der Waals surface area (Å²) in [6.07, 6.45) is 0.202. The molecule has 34 heavy (non-hydrogen) atoms. The minimum absolute atomic E-state index is 0.0118. The molecule has 0 bridgehead atoms. The molecule has 2 aromatic rings. The first-order valence-electron chi connectivity index (χ1n) is 10.3. The fourth-order valence-corrected chi connectivity index (χ4v) is 5.03. The summed E-state index contributed by atoms with van der Waals surface area (Å²) in [6.45, 7) is 1.52. The average Bonchev–Trinajstić information content (AvgIpc) is 2.80. The van der Waals surface area contributed by atoms with E-state index in [4.69, 9.17) is 0 Å². The van der Waals surface area contributed by atoms with Gasteiger partial charge >= 0.3 is 12.0 Å². The highest BCUT2D eigenvalue weighted by Gasteiger charge is 2.38. The van der Waals surface area contributed by atoms with E-state index in [0.29, 0.717) is 0 Å². The van der Waals surface area contributed by atoms with E-state index >= 15 is 0 Å². The van der Waals surface area contributed by atoms with Crippen molar-refractivity contribution in [3.63, 3.8) is 0 Å². The van der Waals surface area contributed by atoms with Gasteiger partial charge in [0.15, 0.2) is 0 Å². The molecular weight excluding hydrogens is 464 g/mol. The third kappa shape index (κ3) is 5.07. The maximum Gasteiger partial charge on any atom is 0.335 e. The zero-order valence-electron chi connectivity index (χ0n) is 18.5. The van der Waals surface area contributed by atoms with Crippen LogP contribution in [0.25, 0.3) is 0 Å². The molecule has 1 heterocycles. The lowest BCUT2D eigenvalue weighted by atomic mass is 9.93. The van der Waals surface area contributed by atoms with Crippen LogP contribution in [0.2, 0.25) is 0 Å². The van der Waals surface area contributed by atoms with Gasteiger partial charge in [0.2, 0.25) is 10.0 Å². The summed E-state index contributed by atoms with van der Waals surface area (Å²) in [5, 5.41) is 23.6. The van der Waals surface area contributed by atoms with Crippen LogP contribution in [0.1, 0.15) is 24.9 Å². The number of nitrogens with zero attached hydrogens (tertiary/aromatic N) is 3. The summed E-state index contributed by atoms with van der Waals surface area (Å²) in [5.74, 6) is -1.28. The number of aliphatic carboxylic acids is 1. The van der Waals surface area contributed by atoms with Crippen molar-refractivity contribution in [3.05, 3.63) is 81.5 Å². The lowest BCUT2D eigenvalue weighted by molar-refractivity contribution is -0.384. The number of benzene rings is 2. The van der Waals surface area contributed by atoms with Crippen molar-refractivity contribution in [2.24, 2.45) is 0 Å². The van der Waals surface area contributed by atoms with Crippen LogP contribution in [0.15, 0.2) is 70.8 Å². The lowest BCUT2D eigenvalue weighted by Gasteiger charge is -2.37. The number of sulfonamides is 1. The molecule has 0 radical (unpaired) electrons. The second-order valence-electron chi connectivity index (χ2n) is 7.72. The van der Waals surface area contributed by atoms with Gasteiger partial charge in [-0.3, -0.25) is 10.1 Å².